The number of benzene rings is 2. The fraction of sp³-hybridized carbons (Fsp3) is 0.381. The minimum Gasteiger partial charge on any atom is -0.343 e. The summed E-state index contributed by atoms with van der Waals surface area (Å²) in [5, 5.41) is 6.76. The van der Waals surface area contributed by atoms with Gasteiger partial charge in [-0.25, -0.2) is 0 Å². The number of carbonyl (C=O) groups excluding carboxylic acids is 1. The van der Waals surface area contributed by atoms with Gasteiger partial charge in [-0.3, -0.25) is 4.79 Å². The number of nitrogens with one attached hydrogen (secondary N) is 2. The molecule has 2 N–H and O–H groups in total. The van der Waals surface area contributed by atoms with Crippen molar-refractivity contribution in [1.82, 2.24) is 10.6 Å². The van der Waals surface area contributed by atoms with Crippen LogP contribution in [0.2, 0.25) is 0 Å². The summed E-state index contributed by atoms with van der Waals surface area (Å²) in [5.41, 5.74) is 1.69. The van der Waals surface area contributed by atoms with Gasteiger partial charge in [0.2, 0.25) is 5.91 Å². The maximum absolute atomic E-state index is 13.0. The second-order valence-electron chi connectivity index (χ2n) is 6.92. The average molecular weight is 322 g/mol. The number of carbonyl (C=O) groups is 1. The number of hydrogen-bond acceptors (Lipinski definition) is 2. The van der Waals surface area contributed by atoms with Crippen molar-refractivity contribution in [3.8, 4) is 0 Å². The predicted molar refractivity (Wildman–Crippen MR) is 97.7 cm³/mol. The van der Waals surface area contributed by atoms with Crippen molar-refractivity contribution in [3.05, 3.63) is 71.8 Å². The van der Waals surface area contributed by atoms with Gasteiger partial charge in [-0.05, 0) is 44.4 Å². The van der Waals surface area contributed by atoms with Crippen LogP contribution in [0, 0.1) is 5.92 Å². The third-order valence-electron chi connectivity index (χ3n) is 5.07. The van der Waals surface area contributed by atoms with Crippen LogP contribution in [0.3, 0.4) is 0 Å². The van der Waals surface area contributed by atoms with Gasteiger partial charge in [0, 0.05) is 12.0 Å². The highest BCUT2D eigenvalue weighted by molar-refractivity contribution is 5.80. The van der Waals surface area contributed by atoms with Gasteiger partial charge in [-0.2, -0.15) is 0 Å². The standard InChI is InChI=1S/C21H26N2O/c1-16-15-17(13-14-22-16)20(24)23-21(2,18-9-5-3-6-10-18)19-11-7-4-8-12-19/h3-12,16-17,22H,13-15H2,1-2H3,(H,23,24)/t16-,17-/m0/s1. The van der Waals surface area contributed by atoms with Gasteiger partial charge < -0.3 is 10.6 Å². The molecule has 3 nitrogen and oxygen atoms in total. The number of hydrogen-bond donors (Lipinski definition) is 2. The van der Waals surface area contributed by atoms with E-state index in [1.807, 2.05) is 36.4 Å². The largest absolute Gasteiger partial charge is 0.343 e. The summed E-state index contributed by atoms with van der Waals surface area (Å²) >= 11 is 0. The van der Waals surface area contributed by atoms with Crippen LogP contribution < -0.4 is 10.6 Å². The Labute approximate surface area is 144 Å². The fourth-order valence-corrected chi connectivity index (χ4v) is 3.57. The lowest BCUT2D eigenvalue weighted by Gasteiger charge is -2.35. The molecule has 0 radical (unpaired) electrons. The van der Waals surface area contributed by atoms with Crippen molar-refractivity contribution in [3.63, 3.8) is 0 Å². The second kappa shape index (κ2) is 7.18. The molecule has 2 aromatic carbocycles. The molecule has 1 amide bonds. The first-order valence-electron chi connectivity index (χ1n) is 8.76. The molecule has 1 heterocycles. The van der Waals surface area contributed by atoms with Crippen molar-refractivity contribution in [2.45, 2.75) is 38.3 Å². The molecule has 1 aliphatic heterocycles. The second-order valence-corrected chi connectivity index (χ2v) is 6.92. The van der Waals surface area contributed by atoms with E-state index in [2.05, 4.69) is 48.7 Å². The number of rotatable bonds is 4. The Morgan fingerprint density at radius 3 is 2.08 bits per heavy atom. The zero-order valence-electron chi connectivity index (χ0n) is 14.5. The highest BCUT2D eigenvalue weighted by atomic mass is 16.2. The summed E-state index contributed by atoms with van der Waals surface area (Å²) in [4.78, 5) is 13.0. The van der Waals surface area contributed by atoms with E-state index in [-0.39, 0.29) is 11.8 Å². The predicted octanol–water partition coefficient (Wildman–Crippen LogP) is 3.45. The Morgan fingerprint density at radius 1 is 1.04 bits per heavy atom. The van der Waals surface area contributed by atoms with Gasteiger partial charge in [0.1, 0.15) is 0 Å². The topological polar surface area (TPSA) is 41.1 Å². The van der Waals surface area contributed by atoms with Crippen LogP contribution in [0.1, 0.15) is 37.8 Å². The van der Waals surface area contributed by atoms with Crippen LogP contribution in [0.15, 0.2) is 60.7 Å². The van der Waals surface area contributed by atoms with E-state index in [4.69, 9.17) is 0 Å². The maximum atomic E-state index is 13.0. The minimum absolute atomic E-state index is 0.0769. The van der Waals surface area contributed by atoms with Crippen LogP contribution in [0.4, 0.5) is 0 Å². The van der Waals surface area contributed by atoms with E-state index in [0.29, 0.717) is 6.04 Å². The molecule has 24 heavy (non-hydrogen) atoms. The Morgan fingerprint density at radius 2 is 1.58 bits per heavy atom. The molecule has 0 aliphatic carbocycles. The highest BCUT2D eigenvalue weighted by Crippen LogP contribution is 2.30. The Kier molecular flexibility index (Phi) is 5.00. The molecule has 2 aromatic rings. The maximum Gasteiger partial charge on any atom is 0.224 e. The zero-order chi connectivity index (χ0) is 17.0. The average Bonchev–Trinajstić information content (AvgIpc) is 2.63. The summed E-state index contributed by atoms with van der Waals surface area (Å²) < 4.78 is 0. The van der Waals surface area contributed by atoms with Crippen molar-refractivity contribution in [1.29, 1.82) is 0 Å². The molecule has 2 atom stereocenters. The molecule has 1 fully saturated rings. The third-order valence-corrected chi connectivity index (χ3v) is 5.07. The SMILES string of the molecule is C[C@H]1C[C@@H](C(=O)NC(C)(c2ccccc2)c2ccccc2)CCN1. The van der Waals surface area contributed by atoms with Gasteiger partial charge in [0.05, 0.1) is 5.54 Å². The van der Waals surface area contributed by atoms with E-state index in [1.165, 1.54) is 0 Å². The molecule has 0 bridgehead atoms. The van der Waals surface area contributed by atoms with Crippen LogP contribution in [-0.2, 0) is 10.3 Å². The molecule has 1 aliphatic rings. The van der Waals surface area contributed by atoms with Crippen molar-refractivity contribution >= 4 is 5.91 Å². The summed E-state index contributed by atoms with van der Waals surface area (Å²) in [7, 11) is 0. The van der Waals surface area contributed by atoms with E-state index in [9.17, 15) is 4.79 Å². The molecule has 126 valence electrons. The first-order valence-corrected chi connectivity index (χ1v) is 8.76. The van der Waals surface area contributed by atoms with E-state index >= 15 is 0 Å². The fourth-order valence-electron chi connectivity index (χ4n) is 3.57. The normalized spacial score (nSPS) is 21.2. The molecular weight excluding hydrogens is 296 g/mol. The van der Waals surface area contributed by atoms with Crippen LogP contribution >= 0.6 is 0 Å². The van der Waals surface area contributed by atoms with Crippen LogP contribution in [0.25, 0.3) is 0 Å². The summed E-state index contributed by atoms with van der Waals surface area (Å²) in [6.45, 7) is 5.15. The minimum atomic E-state index is -0.520. The van der Waals surface area contributed by atoms with Gasteiger partial charge in [0.15, 0.2) is 0 Å². The lowest BCUT2D eigenvalue weighted by Crippen LogP contribution is -2.49. The van der Waals surface area contributed by atoms with Gasteiger partial charge in [0.25, 0.3) is 0 Å². The highest BCUT2D eigenvalue weighted by Gasteiger charge is 2.34. The molecule has 3 heteroatoms. The Hall–Kier alpha value is -2.13. The quantitative estimate of drug-likeness (QED) is 0.905. The lowest BCUT2D eigenvalue weighted by molar-refractivity contribution is -0.127. The summed E-state index contributed by atoms with van der Waals surface area (Å²) in [6.07, 6.45) is 1.79. The lowest BCUT2D eigenvalue weighted by atomic mass is 9.83. The molecular formula is C21H26N2O. The van der Waals surface area contributed by atoms with Gasteiger partial charge in [-0.15, -0.1) is 0 Å². The summed E-state index contributed by atoms with van der Waals surface area (Å²) in [5.74, 6) is 0.228. The molecule has 0 unspecified atom stereocenters. The first kappa shape index (κ1) is 16.7. The zero-order valence-corrected chi connectivity index (χ0v) is 14.5. The van der Waals surface area contributed by atoms with E-state index < -0.39 is 5.54 Å². The monoisotopic (exact) mass is 322 g/mol. The van der Waals surface area contributed by atoms with Crippen LogP contribution in [0.5, 0.6) is 0 Å². The molecule has 0 saturated carbocycles. The molecule has 3 rings (SSSR count). The molecule has 0 spiro atoms. The number of amides is 1. The van der Waals surface area contributed by atoms with E-state index in [1.54, 1.807) is 0 Å². The third kappa shape index (κ3) is 3.51. The first-order chi connectivity index (χ1) is 11.6. The van der Waals surface area contributed by atoms with Gasteiger partial charge in [-0.1, -0.05) is 60.7 Å². The molecule has 0 aromatic heterocycles. The molecule has 1 saturated heterocycles. The van der Waals surface area contributed by atoms with Crippen molar-refractivity contribution in [2.24, 2.45) is 5.92 Å². The summed E-state index contributed by atoms with van der Waals surface area (Å²) in [6, 6.07) is 20.8. The Bertz CT molecular complexity index is 629. The van der Waals surface area contributed by atoms with Crippen LogP contribution in [-0.4, -0.2) is 18.5 Å². The van der Waals surface area contributed by atoms with Crippen molar-refractivity contribution in [2.75, 3.05) is 6.54 Å². The van der Waals surface area contributed by atoms with Crippen molar-refractivity contribution < 1.29 is 4.79 Å². The van der Waals surface area contributed by atoms with E-state index in [0.717, 1.165) is 30.5 Å². The number of piperidine rings is 1. The smallest absolute Gasteiger partial charge is 0.224 e. The van der Waals surface area contributed by atoms with Gasteiger partial charge >= 0.3 is 0 Å². The Balaban J connectivity index is 1.90.